The molecule has 0 fully saturated rings. The number of amides is 1. The van der Waals surface area contributed by atoms with Crippen molar-refractivity contribution in [1.82, 2.24) is 9.97 Å². The molecular weight excluding hydrogens is 388 g/mol. The van der Waals surface area contributed by atoms with Gasteiger partial charge in [0, 0.05) is 0 Å². The first kappa shape index (κ1) is 15.1. The maximum atomic E-state index is 12.3. The van der Waals surface area contributed by atoms with Crippen LogP contribution in [-0.4, -0.2) is 15.9 Å². The van der Waals surface area contributed by atoms with Crippen LogP contribution in [0.25, 0.3) is 0 Å². The maximum Gasteiger partial charge on any atom is 0.250 e. The zero-order valence-electron chi connectivity index (χ0n) is 10.6. The largest absolute Gasteiger partial charge is 0.314 e. The third-order valence-electron chi connectivity index (χ3n) is 2.78. The molecule has 0 bridgehead atoms. The van der Waals surface area contributed by atoms with E-state index in [9.17, 15) is 4.79 Å². The van der Waals surface area contributed by atoms with E-state index in [0.29, 0.717) is 15.0 Å². The molecule has 20 heavy (non-hydrogen) atoms. The summed E-state index contributed by atoms with van der Waals surface area (Å²) >= 11 is 6.44. The van der Waals surface area contributed by atoms with E-state index < -0.39 is 5.54 Å². The monoisotopic (exact) mass is 398 g/mol. The topological polar surface area (TPSA) is 80.9 Å². The Bertz CT molecular complexity index is 632. The van der Waals surface area contributed by atoms with E-state index in [-0.39, 0.29) is 5.91 Å². The van der Waals surface area contributed by atoms with Crippen molar-refractivity contribution < 1.29 is 4.79 Å². The second-order valence-electron chi connectivity index (χ2n) is 4.35. The average Bonchev–Trinajstić information content (AvgIpc) is 2.42. The number of aromatic nitrogens is 2. The summed E-state index contributed by atoms with van der Waals surface area (Å²) in [6, 6.07) is 9.16. The molecule has 1 unspecified atom stereocenters. The van der Waals surface area contributed by atoms with Gasteiger partial charge in [0.05, 0.1) is 6.20 Å². The summed E-state index contributed by atoms with van der Waals surface area (Å²) in [5, 5.41) is 2.67. The lowest BCUT2D eigenvalue weighted by Gasteiger charge is -2.23. The molecule has 0 spiro atoms. The molecule has 0 saturated carbocycles. The van der Waals surface area contributed by atoms with Crippen LogP contribution in [0.2, 0.25) is 0 Å². The van der Waals surface area contributed by atoms with Crippen molar-refractivity contribution in [1.29, 1.82) is 0 Å². The van der Waals surface area contributed by atoms with Gasteiger partial charge in [-0.05, 0) is 44.3 Å². The molecule has 2 aromatic rings. The van der Waals surface area contributed by atoms with Crippen molar-refractivity contribution in [3.8, 4) is 0 Å². The second kappa shape index (κ2) is 5.99. The first-order valence-electron chi connectivity index (χ1n) is 5.75. The second-order valence-corrected chi connectivity index (χ2v) is 5.92. The maximum absolute atomic E-state index is 12.3. The molecule has 5 nitrogen and oxygen atoms in total. The van der Waals surface area contributed by atoms with Gasteiger partial charge in [-0.25, -0.2) is 9.97 Å². The van der Waals surface area contributed by atoms with Gasteiger partial charge in [-0.15, -0.1) is 0 Å². The molecule has 3 N–H and O–H groups in total. The quantitative estimate of drug-likeness (QED) is 0.831. The summed E-state index contributed by atoms with van der Waals surface area (Å²) in [5.41, 5.74) is 5.69. The smallest absolute Gasteiger partial charge is 0.250 e. The lowest BCUT2D eigenvalue weighted by molar-refractivity contribution is -0.120. The fraction of sp³-hybridized carbons (Fsp3) is 0.154. The molecule has 1 heterocycles. The van der Waals surface area contributed by atoms with Gasteiger partial charge in [-0.1, -0.05) is 30.3 Å². The minimum Gasteiger partial charge on any atom is -0.314 e. The molecule has 1 aromatic carbocycles. The Morgan fingerprint density at radius 2 is 1.95 bits per heavy atom. The first-order chi connectivity index (χ1) is 9.41. The summed E-state index contributed by atoms with van der Waals surface area (Å²) in [6.45, 7) is 1.65. The van der Waals surface area contributed by atoms with E-state index in [2.05, 4.69) is 47.1 Å². The lowest BCUT2D eigenvalue weighted by Crippen LogP contribution is -2.45. The third kappa shape index (κ3) is 3.23. The van der Waals surface area contributed by atoms with E-state index in [4.69, 9.17) is 5.73 Å². The number of hydrogen-bond donors (Lipinski definition) is 2. The molecule has 1 atom stereocenters. The van der Waals surface area contributed by atoms with Crippen LogP contribution in [0, 0.1) is 0 Å². The molecule has 104 valence electrons. The highest BCUT2D eigenvalue weighted by molar-refractivity contribution is 9.11. The molecule has 0 aliphatic carbocycles. The molecule has 1 amide bonds. The molecule has 0 aliphatic heterocycles. The van der Waals surface area contributed by atoms with Crippen LogP contribution < -0.4 is 11.1 Å². The number of nitrogens with one attached hydrogen (secondary N) is 1. The minimum absolute atomic E-state index is 0.325. The zero-order valence-corrected chi connectivity index (χ0v) is 13.8. The van der Waals surface area contributed by atoms with Crippen molar-refractivity contribution in [2.45, 2.75) is 12.5 Å². The SMILES string of the molecule is CC(N)(C(=O)Nc1ncc(Br)nc1Br)c1ccccc1. The van der Waals surface area contributed by atoms with Crippen LogP contribution in [0.5, 0.6) is 0 Å². The van der Waals surface area contributed by atoms with Crippen molar-refractivity contribution in [3.63, 3.8) is 0 Å². The fourth-order valence-corrected chi connectivity index (χ4v) is 2.49. The van der Waals surface area contributed by atoms with Crippen LogP contribution in [0.3, 0.4) is 0 Å². The van der Waals surface area contributed by atoms with Gasteiger partial charge in [0.1, 0.15) is 14.7 Å². The number of carbonyl (C=O) groups is 1. The van der Waals surface area contributed by atoms with E-state index in [1.54, 1.807) is 6.92 Å². The molecule has 2 rings (SSSR count). The third-order valence-corrected chi connectivity index (χ3v) is 3.71. The molecule has 0 radical (unpaired) electrons. The Kier molecular flexibility index (Phi) is 4.52. The number of nitrogens with two attached hydrogens (primary N) is 1. The fourth-order valence-electron chi connectivity index (χ4n) is 1.58. The summed E-state index contributed by atoms with van der Waals surface area (Å²) < 4.78 is 1.00. The predicted octanol–water partition coefficient (Wildman–Crippen LogP) is 2.81. The highest BCUT2D eigenvalue weighted by Gasteiger charge is 2.31. The van der Waals surface area contributed by atoms with E-state index in [1.165, 1.54) is 6.20 Å². The number of rotatable bonds is 3. The number of halogens is 2. The molecule has 0 aliphatic rings. The van der Waals surface area contributed by atoms with Gasteiger partial charge in [-0.2, -0.15) is 0 Å². The van der Waals surface area contributed by atoms with Gasteiger partial charge in [0.2, 0.25) is 5.91 Å². The van der Waals surface area contributed by atoms with Gasteiger partial charge < -0.3 is 11.1 Å². The Morgan fingerprint density at radius 1 is 1.30 bits per heavy atom. The van der Waals surface area contributed by atoms with E-state index in [0.717, 1.165) is 5.56 Å². The number of hydrogen-bond acceptors (Lipinski definition) is 4. The number of anilines is 1. The molecule has 7 heteroatoms. The minimum atomic E-state index is -1.16. The Balaban J connectivity index is 2.23. The summed E-state index contributed by atoms with van der Waals surface area (Å²) in [5.74, 6) is -0.0353. The zero-order chi connectivity index (χ0) is 14.8. The first-order valence-corrected chi connectivity index (χ1v) is 7.34. The summed E-state index contributed by atoms with van der Waals surface area (Å²) in [4.78, 5) is 20.5. The van der Waals surface area contributed by atoms with Gasteiger partial charge in [0.15, 0.2) is 5.82 Å². The van der Waals surface area contributed by atoms with E-state index >= 15 is 0 Å². The van der Waals surface area contributed by atoms with Crippen LogP contribution in [-0.2, 0) is 10.3 Å². The van der Waals surface area contributed by atoms with Crippen LogP contribution in [0.15, 0.2) is 45.7 Å². The standard InChI is InChI=1S/C13H12Br2N4O/c1-13(16,8-5-3-2-4-6-8)12(20)19-11-10(15)18-9(14)7-17-11/h2-7H,16H2,1H3,(H,17,19,20). The van der Waals surface area contributed by atoms with Gasteiger partial charge in [0.25, 0.3) is 0 Å². The highest BCUT2D eigenvalue weighted by Crippen LogP contribution is 2.23. The van der Waals surface area contributed by atoms with Crippen molar-refractivity contribution >= 4 is 43.6 Å². The molecular formula is C13H12Br2N4O. The van der Waals surface area contributed by atoms with Gasteiger partial charge in [-0.3, -0.25) is 4.79 Å². The normalized spacial score (nSPS) is 13.6. The van der Waals surface area contributed by atoms with Crippen molar-refractivity contribution in [2.75, 3.05) is 5.32 Å². The lowest BCUT2D eigenvalue weighted by atomic mass is 9.92. The number of nitrogens with zero attached hydrogens (tertiary/aromatic N) is 2. The Labute approximate surface area is 133 Å². The van der Waals surface area contributed by atoms with Crippen LogP contribution in [0.4, 0.5) is 5.82 Å². The Morgan fingerprint density at radius 3 is 2.55 bits per heavy atom. The average molecular weight is 400 g/mol. The van der Waals surface area contributed by atoms with Crippen LogP contribution >= 0.6 is 31.9 Å². The summed E-state index contributed by atoms with van der Waals surface area (Å²) in [7, 11) is 0. The molecule has 0 saturated heterocycles. The van der Waals surface area contributed by atoms with E-state index in [1.807, 2.05) is 30.3 Å². The van der Waals surface area contributed by atoms with Crippen molar-refractivity contribution in [3.05, 3.63) is 51.3 Å². The molecule has 1 aromatic heterocycles. The van der Waals surface area contributed by atoms with Crippen molar-refractivity contribution in [2.24, 2.45) is 5.73 Å². The predicted molar refractivity (Wildman–Crippen MR) is 84.0 cm³/mol. The highest BCUT2D eigenvalue weighted by atomic mass is 79.9. The Hall–Kier alpha value is -1.31. The van der Waals surface area contributed by atoms with Crippen LogP contribution in [0.1, 0.15) is 12.5 Å². The number of benzene rings is 1. The summed E-state index contributed by atoms with van der Waals surface area (Å²) in [6.07, 6.45) is 1.50. The van der Waals surface area contributed by atoms with Gasteiger partial charge >= 0.3 is 0 Å². The number of carbonyl (C=O) groups excluding carboxylic acids is 1.